The number of benzene rings is 1. The maximum atomic E-state index is 11.9. The molecule has 0 spiro atoms. The first kappa shape index (κ1) is 15.6. The van der Waals surface area contributed by atoms with E-state index in [0.29, 0.717) is 12.6 Å². The van der Waals surface area contributed by atoms with Gasteiger partial charge in [0.2, 0.25) is 5.91 Å². The fourth-order valence-electron chi connectivity index (χ4n) is 2.69. The van der Waals surface area contributed by atoms with Crippen molar-refractivity contribution in [1.82, 2.24) is 5.32 Å². The number of hydrogen-bond acceptors (Lipinski definition) is 2. The Kier molecular flexibility index (Phi) is 6.32. The molecule has 0 heterocycles. The molecular formula is C18H25NO2. The van der Waals surface area contributed by atoms with Gasteiger partial charge < -0.3 is 10.1 Å². The average Bonchev–Trinajstić information content (AvgIpc) is 2.75. The largest absolute Gasteiger partial charge is 0.494 e. The van der Waals surface area contributed by atoms with Gasteiger partial charge in [-0.3, -0.25) is 4.79 Å². The summed E-state index contributed by atoms with van der Waals surface area (Å²) < 4.78 is 5.40. The van der Waals surface area contributed by atoms with Crippen LogP contribution in [0.4, 0.5) is 0 Å². The molecule has 0 aliphatic heterocycles. The van der Waals surface area contributed by atoms with Gasteiger partial charge in [-0.1, -0.05) is 37.8 Å². The standard InChI is InChI=1S/C18H25NO2/c1-2-21-17-12-9-15(10-13-17)11-14-18(20)19-16-7-5-3-4-6-8-16/h9-14,16H,2-8H2,1H3,(H,19,20)/b14-11+. The summed E-state index contributed by atoms with van der Waals surface area (Å²) in [5.41, 5.74) is 1.01. The van der Waals surface area contributed by atoms with Crippen LogP contribution >= 0.6 is 0 Å². The van der Waals surface area contributed by atoms with Crippen LogP contribution in [0.5, 0.6) is 5.75 Å². The summed E-state index contributed by atoms with van der Waals surface area (Å²) in [5.74, 6) is 0.869. The van der Waals surface area contributed by atoms with E-state index in [1.165, 1.54) is 25.7 Å². The fraction of sp³-hybridized carbons (Fsp3) is 0.500. The van der Waals surface area contributed by atoms with Crippen molar-refractivity contribution in [3.05, 3.63) is 35.9 Å². The van der Waals surface area contributed by atoms with Gasteiger partial charge in [-0.05, 0) is 43.5 Å². The summed E-state index contributed by atoms with van der Waals surface area (Å²) in [6, 6.07) is 8.12. The van der Waals surface area contributed by atoms with Crippen molar-refractivity contribution in [2.45, 2.75) is 51.5 Å². The maximum Gasteiger partial charge on any atom is 0.244 e. The third kappa shape index (κ3) is 5.62. The Bertz CT molecular complexity index is 457. The highest BCUT2D eigenvalue weighted by Crippen LogP contribution is 2.17. The zero-order valence-corrected chi connectivity index (χ0v) is 12.8. The van der Waals surface area contributed by atoms with Crippen LogP contribution in [0.25, 0.3) is 6.08 Å². The van der Waals surface area contributed by atoms with Crippen LogP contribution < -0.4 is 10.1 Å². The third-order valence-electron chi connectivity index (χ3n) is 3.82. The van der Waals surface area contributed by atoms with Crippen LogP contribution in [0, 0.1) is 0 Å². The first-order valence-corrected chi connectivity index (χ1v) is 7.99. The number of carbonyl (C=O) groups excluding carboxylic acids is 1. The molecule has 0 unspecified atom stereocenters. The monoisotopic (exact) mass is 287 g/mol. The second-order valence-corrected chi connectivity index (χ2v) is 5.53. The van der Waals surface area contributed by atoms with Crippen LogP contribution in [0.3, 0.4) is 0 Å². The molecule has 0 bridgehead atoms. The minimum atomic E-state index is 0.00999. The van der Waals surface area contributed by atoms with Crippen molar-refractivity contribution in [2.75, 3.05) is 6.61 Å². The fourth-order valence-corrected chi connectivity index (χ4v) is 2.69. The molecule has 3 heteroatoms. The van der Waals surface area contributed by atoms with Gasteiger partial charge in [-0.2, -0.15) is 0 Å². The molecule has 1 aromatic carbocycles. The van der Waals surface area contributed by atoms with Gasteiger partial charge in [0.15, 0.2) is 0 Å². The van der Waals surface area contributed by atoms with Gasteiger partial charge in [0.1, 0.15) is 5.75 Å². The molecule has 0 aromatic heterocycles. The van der Waals surface area contributed by atoms with Gasteiger partial charge in [0.05, 0.1) is 6.61 Å². The summed E-state index contributed by atoms with van der Waals surface area (Å²) in [6.07, 6.45) is 10.8. The summed E-state index contributed by atoms with van der Waals surface area (Å²) in [5, 5.41) is 3.11. The summed E-state index contributed by atoms with van der Waals surface area (Å²) in [4.78, 5) is 11.9. The van der Waals surface area contributed by atoms with Crippen LogP contribution in [0.1, 0.15) is 51.0 Å². The van der Waals surface area contributed by atoms with E-state index in [9.17, 15) is 4.79 Å². The lowest BCUT2D eigenvalue weighted by molar-refractivity contribution is -0.117. The molecular weight excluding hydrogens is 262 g/mol. The summed E-state index contributed by atoms with van der Waals surface area (Å²) in [6.45, 7) is 2.63. The van der Waals surface area contributed by atoms with Crippen molar-refractivity contribution >= 4 is 12.0 Å². The van der Waals surface area contributed by atoms with Gasteiger partial charge in [0.25, 0.3) is 0 Å². The molecule has 1 aromatic rings. The van der Waals surface area contributed by atoms with E-state index in [-0.39, 0.29) is 5.91 Å². The van der Waals surface area contributed by atoms with E-state index in [0.717, 1.165) is 24.2 Å². The quantitative estimate of drug-likeness (QED) is 0.658. The Morgan fingerprint density at radius 2 is 1.86 bits per heavy atom. The van der Waals surface area contributed by atoms with Crippen molar-refractivity contribution < 1.29 is 9.53 Å². The number of amides is 1. The van der Waals surface area contributed by atoms with E-state index in [2.05, 4.69) is 5.32 Å². The predicted octanol–water partition coefficient (Wildman–Crippen LogP) is 3.94. The van der Waals surface area contributed by atoms with Crippen LogP contribution in [0.2, 0.25) is 0 Å². The minimum Gasteiger partial charge on any atom is -0.494 e. The van der Waals surface area contributed by atoms with Crippen LogP contribution in [0.15, 0.2) is 30.3 Å². The maximum absolute atomic E-state index is 11.9. The van der Waals surface area contributed by atoms with Crippen LogP contribution in [-0.4, -0.2) is 18.6 Å². The lowest BCUT2D eigenvalue weighted by atomic mass is 10.1. The van der Waals surface area contributed by atoms with E-state index in [4.69, 9.17) is 4.74 Å². The predicted molar refractivity (Wildman–Crippen MR) is 86.3 cm³/mol. The SMILES string of the molecule is CCOc1ccc(/C=C/C(=O)NC2CCCCCC2)cc1. The molecule has 1 aliphatic carbocycles. The normalized spacial score (nSPS) is 16.6. The second-order valence-electron chi connectivity index (χ2n) is 5.53. The highest BCUT2D eigenvalue weighted by molar-refractivity contribution is 5.91. The van der Waals surface area contributed by atoms with Gasteiger partial charge >= 0.3 is 0 Å². The molecule has 1 fully saturated rings. The highest BCUT2D eigenvalue weighted by atomic mass is 16.5. The lowest BCUT2D eigenvalue weighted by Gasteiger charge is -2.14. The molecule has 0 saturated heterocycles. The number of hydrogen-bond donors (Lipinski definition) is 1. The molecule has 1 N–H and O–H groups in total. The van der Waals surface area contributed by atoms with E-state index in [1.807, 2.05) is 37.3 Å². The number of nitrogens with one attached hydrogen (secondary N) is 1. The first-order valence-electron chi connectivity index (χ1n) is 7.99. The van der Waals surface area contributed by atoms with E-state index < -0.39 is 0 Å². The van der Waals surface area contributed by atoms with Gasteiger partial charge in [0, 0.05) is 12.1 Å². The van der Waals surface area contributed by atoms with Crippen molar-refractivity contribution in [1.29, 1.82) is 0 Å². The smallest absolute Gasteiger partial charge is 0.244 e. The van der Waals surface area contributed by atoms with Crippen molar-refractivity contribution in [2.24, 2.45) is 0 Å². The molecule has 21 heavy (non-hydrogen) atoms. The lowest BCUT2D eigenvalue weighted by Crippen LogP contribution is -2.33. The van der Waals surface area contributed by atoms with Gasteiger partial charge in [-0.25, -0.2) is 0 Å². The molecule has 3 nitrogen and oxygen atoms in total. The second kappa shape index (κ2) is 8.50. The summed E-state index contributed by atoms with van der Waals surface area (Å²) in [7, 11) is 0. The Labute approximate surface area is 127 Å². The zero-order valence-electron chi connectivity index (χ0n) is 12.8. The Balaban J connectivity index is 1.83. The first-order chi connectivity index (χ1) is 10.3. The molecule has 1 saturated carbocycles. The van der Waals surface area contributed by atoms with E-state index >= 15 is 0 Å². The molecule has 0 radical (unpaired) electrons. The Morgan fingerprint density at radius 1 is 1.19 bits per heavy atom. The molecule has 1 aliphatic rings. The van der Waals surface area contributed by atoms with Crippen molar-refractivity contribution in [3.63, 3.8) is 0 Å². The molecule has 1 amide bonds. The number of rotatable bonds is 5. The van der Waals surface area contributed by atoms with Crippen molar-refractivity contribution in [3.8, 4) is 5.75 Å². The topological polar surface area (TPSA) is 38.3 Å². The number of carbonyl (C=O) groups is 1. The average molecular weight is 287 g/mol. The molecule has 114 valence electrons. The Hall–Kier alpha value is -1.77. The summed E-state index contributed by atoms with van der Waals surface area (Å²) >= 11 is 0. The highest BCUT2D eigenvalue weighted by Gasteiger charge is 2.12. The minimum absolute atomic E-state index is 0.00999. The number of ether oxygens (including phenoxy) is 1. The molecule has 2 rings (SSSR count). The van der Waals surface area contributed by atoms with E-state index in [1.54, 1.807) is 6.08 Å². The van der Waals surface area contributed by atoms with Crippen LogP contribution in [-0.2, 0) is 4.79 Å². The zero-order chi connectivity index (χ0) is 14.9. The van der Waals surface area contributed by atoms with Gasteiger partial charge in [-0.15, -0.1) is 0 Å². The molecule has 0 atom stereocenters. The third-order valence-corrected chi connectivity index (χ3v) is 3.82. The Morgan fingerprint density at radius 3 is 2.48 bits per heavy atom.